The molecule has 3 heteroatoms. The first kappa shape index (κ1) is 10.7. The molecule has 0 bridgehead atoms. The van der Waals surface area contributed by atoms with Crippen molar-refractivity contribution in [1.82, 2.24) is 0 Å². The molecular formula is C12H18O3. The van der Waals surface area contributed by atoms with Crippen LogP contribution in [0.5, 0.6) is 0 Å². The van der Waals surface area contributed by atoms with Gasteiger partial charge in [-0.1, -0.05) is 19.8 Å². The zero-order valence-corrected chi connectivity index (χ0v) is 9.20. The number of rotatable bonds is 5. The van der Waals surface area contributed by atoms with E-state index in [4.69, 9.17) is 4.74 Å². The van der Waals surface area contributed by atoms with Crippen molar-refractivity contribution in [3.05, 3.63) is 0 Å². The van der Waals surface area contributed by atoms with E-state index in [0.29, 0.717) is 18.9 Å². The van der Waals surface area contributed by atoms with E-state index in [1.807, 2.05) is 0 Å². The lowest BCUT2D eigenvalue weighted by Gasteiger charge is -2.04. The summed E-state index contributed by atoms with van der Waals surface area (Å²) in [5, 5.41) is 0. The standard InChI is InChI=1S/C12H18O3/c1-2-3-4-7-15-12(14)11-8-5-6-9(13)10(8)11/h8,10-11H,2-7H2,1H3. The molecule has 0 radical (unpaired) electrons. The molecule has 3 atom stereocenters. The molecule has 2 fully saturated rings. The van der Waals surface area contributed by atoms with Gasteiger partial charge in [-0.3, -0.25) is 9.59 Å². The van der Waals surface area contributed by atoms with Crippen molar-refractivity contribution in [2.45, 2.75) is 39.0 Å². The third kappa shape index (κ3) is 2.06. The smallest absolute Gasteiger partial charge is 0.309 e. The minimum atomic E-state index is -0.130. The van der Waals surface area contributed by atoms with Crippen molar-refractivity contribution in [3.8, 4) is 0 Å². The van der Waals surface area contributed by atoms with Crippen LogP contribution in [0.3, 0.4) is 0 Å². The van der Waals surface area contributed by atoms with Crippen LogP contribution in [0.1, 0.15) is 39.0 Å². The number of carbonyl (C=O) groups is 2. The Morgan fingerprint density at radius 3 is 2.87 bits per heavy atom. The van der Waals surface area contributed by atoms with Gasteiger partial charge in [-0.2, -0.15) is 0 Å². The molecule has 2 aliphatic carbocycles. The van der Waals surface area contributed by atoms with Crippen LogP contribution in [0.2, 0.25) is 0 Å². The fourth-order valence-corrected chi connectivity index (χ4v) is 2.59. The highest BCUT2D eigenvalue weighted by molar-refractivity contribution is 5.94. The zero-order valence-electron chi connectivity index (χ0n) is 9.20. The van der Waals surface area contributed by atoms with E-state index in [1.54, 1.807) is 0 Å². The van der Waals surface area contributed by atoms with Crippen molar-refractivity contribution < 1.29 is 14.3 Å². The number of ketones is 1. The topological polar surface area (TPSA) is 43.4 Å². The first-order valence-electron chi connectivity index (χ1n) is 5.95. The Kier molecular flexibility index (Phi) is 3.08. The van der Waals surface area contributed by atoms with Crippen LogP contribution < -0.4 is 0 Å². The molecule has 0 heterocycles. The van der Waals surface area contributed by atoms with Gasteiger partial charge < -0.3 is 4.74 Å². The number of esters is 1. The Labute approximate surface area is 90.2 Å². The second kappa shape index (κ2) is 4.33. The van der Waals surface area contributed by atoms with E-state index in [9.17, 15) is 9.59 Å². The SMILES string of the molecule is CCCCCOC(=O)C1C2CCC(=O)C21. The van der Waals surface area contributed by atoms with Crippen LogP contribution in [0.25, 0.3) is 0 Å². The maximum Gasteiger partial charge on any atom is 0.309 e. The van der Waals surface area contributed by atoms with Crippen LogP contribution >= 0.6 is 0 Å². The van der Waals surface area contributed by atoms with Gasteiger partial charge in [0.25, 0.3) is 0 Å². The second-order valence-electron chi connectivity index (χ2n) is 4.60. The molecule has 2 rings (SSSR count). The predicted octanol–water partition coefficient (Wildman–Crippen LogP) is 1.94. The molecule has 0 amide bonds. The van der Waals surface area contributed by atoms with Gasteiger partial charge >= 0.3 is 5.97 Å². The maximum absolute atomic E-state index is 11.6. The number of carbonyl (C=O) groups excluding carboxylic acids is 2. The Morgan fingerprint density at radius 1 is 1.47 bits per heavy atom. The molecular weight excluding hydrogens is 192 g/mol. The predicted molar refractivity (Wildman–Crippen MR) is 55.2 cm³/mol. The van der Waals surface area contributed by atoms with Crippen molar-refractivity contribution in [3.63, 3.8) is 0 Å². The molecule has 84 valence electrons. The average Bonchev–Trinajstić information content (AvgIpc) is 2.85. The molecule has 2 saturated carbocycles. The van der Waals surface area contributed by atoms with E-state index >= 15 is 0 Å². The Hall–Kier alpha value is -0.860. The molecule has 2 aliphatic rings. The summed E-state index contributed by atoms with van der Waals surface area (Å²) >= 11 is 0. The maximum atomic E-state index is 11.6. The zero-order chi connectivity index (χ0) is 10.8. The fraction of sp³-hybridized carbons (Fsp3) is 0.833. The van der Waals surface area contributed by atoms with Gasteiger partial charge in [0.05, 0.1) is 12.5 Å². The summed E-state index contributed by atoms with van der Waals surface area (Å²) in [6.07, 6.45) is 4.75. The van der Waals surface area contributed by atoms with Gasteiger partial charge in [-0.05, 0) is 18.8 Å². The van der Waals surface area contributed by atoms with Crippen molar-refractivity contribution >= 4 is 11.8 Å². The first-order chi connectivity index (χ1) is 7.25. The van der Waals surface area contributed by atoms with Crippen molar-refractivity contribution in [2.24, 2.45) is 17.8 Å². The summed E-state index contributed by atoms with van der Waals surface area (Å²) in [6, 6.07) is 0. The van der Waals surface area contributed by atoms with Gasteiger partial charge in [0, 0.05) is 12.3 Å². The Balaban J connectivity index is 1.68. The third-order valence-electron chi connectivity index (χ3n) is 3.53. The highest BCUT2D eigenvalue weighted by Crippen LogP contribution is 2.55. The number of hydrogen-bond acceptors (Lipinski definition) is 3. The second-order valence-corrected chi connectivity index (χ2v) is 4.60. The molecule has 0 saturated heterocycles. The van der Waals surface area contributed by atoms with Crippen LogP contribution in [0.4, 0.5) is 0 Å². The minimum Gasteiger partial charge on any atom is -0.465 e. The number of hydrogen-bond donors (Lipinski definition) is 0. The lowest BCUT2D eigenvalue weighted by molar-refractivity contribution is -0.147. The van der Waals surface area contributed by atoms with E-state index in [1.165, 1.54) is 0 Å². The van der Waals surface area contributed by atoms with E-state index in [-0.39, 0.29) is 23.6 Å². The van der Waals surface area contributed by atoms with E-state index in [2.05, 4.69) is 6.92 Å². The molecule has 0 aromatic heterocycles. The molecule has 0 N–H and O–H groups in total. The molecule has 3 nitrogen and oxygen atoms in total. The monoisotopic (exact) mass is 210 g/mol. The van der Waals surface area contributed by atoms with Crippen LogP contribution in [0, 0.1) is 17.8 Å². The normalized spacial score (nSPS) is 32.6. The van der Waals surface area contributed by atoms with Crippen LogP contribution in [-0.4, -0.2) is 18.4 Å². The summed E-state index contributed by atoms with van der Waals surface area (Å²) in [7, 11) is 0. The molecule has 3 unspecified atom stereocenters. The first-order valence-corrected chi connectivity index (χ1v) is 5.95. The molecule has 0 aromatic carbocycles. The van der Waals surface area contributed by atoms with E-state index in [0.717, 1.165) is 25.7 Å². The Bertz CT molecular complexity index is 272. The fourth-order valence-electron chi connectivity index (χ4n) is 2.59. The number of Topliss-reactive ketones (excluding diaryl/α,β-unsaturated/α-hetero) is 1. The van der Waals surface area contributed by atoms with Crippen LogP contribution in [-0.2, 0) is 14.3 Å². The van der Waals surface area contributed by atoms with Crippen molar-refractivity contribution in [1.29, 1.82) is 0 Å². The van der Waals surface area contributed by atoms with Crippen molar-refractivity contribution in [2.75, 3.05) is 6.61 Å². The van der Waals surface area contributed by atoms with Gasteiger partial charge in [-0.15, -0.1) is 0 Å². The van der Waals surface area contributed by atoms with Gasteiger partial charge in [0.15, 0.2) is 0 Å². The lowest BCUT2D eigenvalue weighted by atomic mass is 10.1. The van der Waals surface area contributed by atoms with Crippen LogP contribution in [0.15, 0.2) is 0 Å². The number of ether oxygens (including phenoxy) is 1. The summed E-state index contributed by atoms with van der Waals surface area (Å²) in [6.45, 7) is 2.64. The lowest BCUT2D eigenvalue weighted by Crippen LogP contribution is -2.13. The Morgan fingerprint density at radius 2 is 2.27 bits per heavy atom. The summed E-state index contributed by atoms with van der Waals surface area (Å²) in [4.78, 5) is 22.9. The third-order valence-corrected chi connectivity index (χ3v) is 3.53. The summed E-state index contributed by atoms with van der Waals surface area (Å²) in [5.74, 6) is 0.428. The number of fused-ring (bicyclic) bond motifs is 1. The summed E-state index contributed by atoms with van der Waals surface area (Å²) < 4.78 is 5.16. The molecule has 0 aliphatic heterocycles. The molecule has 0 spiro atoms. The minimum absolute atomic E-state index is 0.0312. The molecule has 15 heavy (non-hydrogen) atoms. The molecule has 0 aromatic rings. The van der Waals surface area contributed by atoms with Gasteiger partial charge in [0.1, 0.15) is 5.78 Å². The highest BCUT2D eigenvalue weighted by atomic mass is 16.5. The number of unbranched alkanes of at least 4 members (excludes halogenated alkanes) is 2. The highest BCUT2D eigenvalue weighted by Gasteiger charge is 2.62. The average molecular weight is 210 g/mol. The summed E-state index contributed by atoms with van der Waals surface area (Å²) in [5.41, 5.74) is 0. The van der Waals surface area contributed by atoms with Gasteiger partial charge in [-0.25, -0.2) is 0 Å². The van der Waals surface area contributed by atoms with E-state index < -0.39 is 0 Å². The van der Waals surface area contributed by atoms with Gasteiger partial charge in [0.2, 0.25) is 0 Å². The largest absolute Gasteiger partial charge is 0.465 e. The quantitative estimate of drug-likeness (QED) is 0.514.